The Hall–Kier alpha value is -0.490. The molecule has 1 aromatic rings. The summed E-state index contributed by atoms with van der Waals surface area (Å²) in [5.41, 5.74) is 1.25. The first-order valence-corrected chi connectivity index (χ1v) is 6.94. The van der Waals surface area contributed by atoms with Crippen molar-refractivity contribution in [2.75, 3.05) is 6.54 Å². The van der Waals surface area contributed by atoms with E-state index in [1.165, 1.54) is 5.56 Å². The predicted molar refractivity (Wildman–Crippen MR) is 78.3 cm³/mol. The van der Waals surface area contributed by atoms with Crippen LogP contribution in [0.15, 0.2) is 22.7 Å². The molecule has 0 fully saturated rings. The molecule has 0 saturated heterocycles. The fourth-order valence-corrected chi connectivity index (χ4v) is 2.22. The highest BCUT2D eigenvalue weighted by Crippen LogP contribution is 2.27. The number of benzene rings is 1. The van der Waals surface area contributed by atoms with E-state index in [2.05, 4.69) is 52.1 Å². The lowest BCUT2D eigenvalue weighted by Crippen LogP contribution is -2.20. The molecule has 0 saturated carbocycles. The van der Waals surface area contributed by atoms with Gasteiger partial charge in [-0.15, -0.1) is 11.8 Å². The Morgan fingerprint density at radius 1 is 1.47 bits per heavy atom. The Bertz CT molecular complexity index is 420. The second-order valence-corrected chi connectivity index (χ2v) is 5.01. The van der Waals surface area contributed by atoms with Crippen LogP contribution < -0.4 is 5.32 Å². The smallest absolute Gasteiger partial charge is 0.0548 e. The quantitative estimate of drug-likeness (QED) is 0.786. The van der Waals surface area contributed by atoms with Gasteiger partial charge in [-0.25, -0.2) is 0 Å². The first-order chi connectivity index (χ1) is 8.19. The van der Waals surface area contributed by atoms with Gasteiger partial charge in [0.05, 0.1) is 5.02 Å². The lowest BCUT2D eigenvalue weighted by molar-refractivity contribution is 0.522. The molecule has 1 unspecified atom stereocenters. The third-order valence-corrected chi connectivity index (χ3v) is 3.75. The average Bonchev–Trinajstić information content (AvgIpc) is 2.32. The fourth-order valence-electron chi connectivity index (χ4n) is 1.70. The summed E-state index contributed by atoms with van der Waals surface area (Å²) in [6.45, 7) is 4.94. The van der Waals surface area contributed by atoms with Crippen molar-refractivity contribution in [2.24, 2.45) is 0 Å². The molecule has 0 aliphatic rings. The lowest BCUT2D eigenvalue weighted by atomic mass is 10.0. The fraction of sp³-hybridized carbons (Fsp3) is 0.429. The van der Waals surface area contributed by atoms with Gasteiger partial charge in [-0.3, -0.25) is 0 Å². The molecule has 1 N–H and O–H groups in total. The van der Waals surface area contributed by atoms with Crippen LogP contribution in [0.5, 0.6) is 0 Å². The van der Waals surface area contributed by atoms with Crippen LogP contribution in [-0.2, 0) is 0 Å². The van der Waals surface area contributed by atoms with Gasteiger partial charge in [-0.05, 0) is 53.5 Å². The normalized spacial score (nSPS) is 11.8. The molecule has 0 amide bonds. The number of hydrogen-bond acceptors (Lipinski definition) is 1. The summed E-state index contributed by atoms with van der Waals surface area (Å²) in [4.78, 5) is 0. The summed E-state index contributed by atoms with van der Waals surface area (Å²) in [6, 6.07) is 6.42. The van der Waals surface area contributed by atoms with Crippen molar-refractivity contribution in [3.05, 3.63) is 33.3 Å². The van der Waals surface area contributed by atoms with Crippen LogP contribution in [-0.4, -0.2) is 6.54 Å². The van der Waals surface area contributed by atoms with E-state index >= 15 is 0 Å². The van der Waals surface area contributed by atoms with E-state index < -0.39 is 0 Å². The molecule has 92 valence electrons. The van der Waals surface area contributed by atoms with Gasteiger partial charge < -0.3 is 5.32 Å². The van der Waals surface area contributed by atoms with E-state index in [0.717, 1.165) is 28.9 Å². The monoisotopic (exact) mass is 313 g/mol. The zero-order valence-electron chi connectivity index (χ0n) is 10.2. The van der Waals surface area contributed by atoms with Crippen LogP contribution in [0.3, 0.4) is 0 Å². The van der Waals surface area contributed by atoms with Crippen LogP contribution >= 0.6 is 27.5 Å². The van der Waals surface area contributed by atoms with Crippen LogP contribution in [0, 0.1) is 11.8 Å². The summed E-state index contributed by atoms with van der Waals surface area (Å²) in [5.74, 6) is 6.03. The molecule has 0 heterocycles. The maximum absolute atomic E-state index is 6.00. The molecule has 1 rings (SSSR count). The number of rotatable bonds is 5. The number of nitrogens with one attached hydrogen (secondary N) is 1. The SMILES string of the molecule is CC#CCCC(NCC)c1ccc(Cl)c(Br)c1. The minimum atomic E-state index is 0.342. The van der Waals surface area contributed by atoms with Crippen LogP contribution in [0.4, 0.5) is 0 Å². The third-order valence-electron chi connectivity index (χ3n) is 2.53. The van der Waals surface area contributed by atoms with E-state index in [9.17, 15) is 0 Å². The van der Waals surface area contributed by atoms with Crippen LogP contribution in [0.2, 0.25) is 5.02 Å². The molecule has 0 aliphatic carbocycles. The molecule has 0 aromatic heterocycles. The predicted octanol–water partition coefficient (Wildman–Crippen LogP) is 4.56. The van der Waals surface area contributed by atoms with Gasteiger partial charge in [-0.2, -0.15) is 0 Å². The molecule has 1 atom stereocenters. The van der Waals surface area contributed by atoms with E-state index in [1.807, 2.05) is 13.0 Å². The summed E-state index contributed by atoms with van der Waals surface area (Å²) < 4.78 is 0.946. The van der Waals surface area contributed by atoms with E-state index in [-0.39, 0.29) is 0 Å². The van der Waals surface area contributed by atoms with Crippen molar-refractivity contribution in [2.45, 2.75) is 32.7 Å². The van der Waals surface area contributed by atoms with Gasteiger partial charge in [0.1, 0.15) is 0 Å². The molecule has 17 heavy (non-hydrogen) atoms. The van der Waals surface area contributed by atoms with Gasteiger partial charge in [0.25, 0.3) is 0 Å². The minimum absolute atomic E-state index is 0.342. The molecule has 3 heteroatoms. The van der Waals surface area contributed by atoms with Crippen molar-refractivity contribution in [3.63, 3.8) is 0 Å². The zero-order chi connectivity index (χ0) is 12.7. The van der Waals surface area contributed by atoms with Gasteiger partial charge in [0.15, 0.2) is 0 Å². The molecule has 0 aliphatic heterocycles. The van der Waals surface area contributed by atoms with Gasteiger partial charge >= 0.3 is 0 Å². The Morgan fingerprint density at radius 3 is 2.82 bits per heavy atom. The molecule has 0 bridgehead atoms. The summed E-state index contributed by atoms with van der Waals surface area (Å²) in [7, 11) is 0. The average molecular weight is 315 g/mol. The highest BCUT2D eigenvalue weighted by molar-refractivity contribution is 9.10. The van der Waals surface area contributed by atoms with Gasteiger partial charge in [0.2, 0.25) is 0 Å². The maximum atomic E-state index is 6.00. The Labute approximate surface area is 117 Å². The summed E-state index contributed by atoms with van der Waals surface area (Å²) in [6.07, 6.45) is 1.93. The summed E-state index contributed by atoms with van der Waals surface area (Å²) in [5, 5.41) is 4.22. The molecular weight excluding hydrogens is 298 g/mol. The second-order valence-electron chi connectivity index (χ2n) is 3.75. The molecule has 1 nitrogen and oxygen atoms in total. The molecule has 0 radical (unpaired) electrons. The second kappa shape index (κ2) is 7.76. The first-order valence-electron chi connectivity index (χ1n) is 5.77. The topological polar surface area (TPSA) is 12.0 Å². The Balaban J connectivity index is 2.79. The van der Waals surface area contributed by atoms with E-state index in [4.69, 9.17) is 11.6 Å². The molecular formula is C14H17BrClN. The van der Waals surface area contributed by atoms with E-state index in [1.54, 1.807) is 0 Å². The van der Waals surface area contributed by atoms with Crippen molar-refractivity contribution < 1.29 is 0 Å². The highest BCUT2D eigenvalue weighted by atomic mass is 79.9. The van der Waals surface area contributed by atoms with E-state index in [0.29, 0.717) is 6.04 Å². The largest absolute Gasteiger partial charge is 0.310 e. The van der Waals surface area contributed by atoms with Crippen molar-refractivity contribution in [1.82, 2.24) is 5.32 Å². The van der Waals surface area contributed by atoms with Crippen molar-refractivity contribution in [3.8, 4) is 11.8 Å². The lowest BCUT2D eigenvalue weighted by Gasteiger charge is -2.17. The van der Waals surface area contributed by atoms with Crippen molar-refractivity contribution >= 4 is 27.5 Å². The zero-order valence-corrected chi connectivity index (χ0v) is 12.5. The minimum Gasteiger partial charge on any atom is -0.310 e. The van der Waals surface area contributed by atoms with Crippen LogP contribution in [0.25, 0.3) is 0 Å². The number of hydrogen-bond donors (Lipinski definition) is 1. The Morgan fingerprint density at radius 2 is 2.24 bits per heavy atom. The molecule has 1 aromatic carbocycles. The number of halogens is 2. The Kier molecular flexibility index (Phi) is 6.65. The van der Waals surface area contributed by atoms with Crippen molar-refractivity contribution in [1.29, 1.82) is 0 Å². The summed E-state index contributed by atoms with van der Waals surface area (Å²) >= 11 is 9.46. The van der Waals surface area contributed by atoms with Crippen LogP contribution in [0.1, 0.15) is 38.3 Å². The first kappa shape index (κ1) is 14.6. The highest BCUT2D eigenvalue weighted by Gasteiger charge is 2.10. The molecule has 0 spiro atoms. The third kappa shape index (κ3) is 4.71. The van der Waals surface area contributed by atoms with Gasteiger partial charge in [-0.1, -0.05) is 24.6 Å². The standard InChI is InChI=1S/C14H17BrClN/c1-3-5-6-7-14(17-4-2)11-8-9-13(16)12(15)10-11/h8-10,14,17H,4,6-7H2,1-2H3. The van der Waals surface area contributed by atoms with Gasteiger partial charge in [0, 0.05) is 16.9 Å². The maximum Gasteiger partial charge on any atom is 0.0548 e.